The van der Waals surface area contributed by atoms with Gasteiger partial charge in [-0.3, -0.25) is 14.4 Å². The van der Waals surface area contributed by atoms with Gasteiger partial charge in [0.1, 0.15) is 11.4 Å². The highest BCUT2D eigenvalue weighted by atomic mass is 16.5. The van der Waals surface area contributed by atoms with E-state index in [-0.39, 0.29) is 25.3 Å². The summed E-state index contributed by atoms with van der Waals surface area (Å²) in [6.07, 6.45) is 1.63. The Hall–Kier alpha value is -3.61. The van der Waals surface area contributed by atoms with Crippen LogP contribution in [0.2, 0.25) is 0 Å². The van der Waals surface area contributed by atoms with Gasteiger partial charge in [0.05, 0.1) is 19.6 Å². The molecule has 0 aliphatic rings. The Morgan fingerprint density at radius 2 is 1.69 bits per heavy atom. The van der Waals surface area contributed by atoms with Crippen molar-refractivity contribution in [3.05, 3.63) is 71.4 Å². The van der Waals surface area contributed by atoms with Crippen molar-refractivity contribution in [3.63, 3.8) is 0 Å². The van der Waals surface area contributed by atoms with E-state index in [1.807, 2.05) is 30.3 Å². The van der Waals surface area contributed by atoms with Crippen molar-refractivity contribution in [2.45, 2.75) is 27.2 Å². The molecule has 0 saturated carbocycles. The van der Waals surface area contributed by atoms with Gasteiger partial charge in [-0.25, -0.2) is 0 Å². The normalized spacial score (nSPS) is 11.1. The summed E-state index contributed by atoms with van der Waals surface area (Å²) in [5.74, 6) is -0.255. The number of nitrogens with one attached hydrogen (secondary N) is 2. The van der Waals surface area contributed by atoms with Crippen LogP contribution in [0.1, 0.15) is 43.1 Å². The summed E-state index contributed by atoms with van der Waals surface area (Å²) in [7, 11) is 0. The zero-order valence-electron chi connectivity index (χ0n) is 18.7. The van der Waals surface area contributed by atoms with E-state index in [2.05, 4.69) is 24.5 Å². The number of ether oxygens (including phenoxy) is 2. The van der Waals surface area contributed by atoms with E-state index in [1.165, 1.54) is 0 Å². The van der Waals surface area contributed by atoms with Gasteiger partial charge in [-0.2, -0.15) is 0 Å². The molecule has 0 fully saturated rings. The lowest BCUT2D eigenvalue weighted by atomic mass is 10.1. The smallest absolute Gasteiger partial charge is 0.307 e. The Kier molecular flexibility index (Phi) is 9.97. The molecule has 7 nitrogen and oxygen atoms in total. The molecule has 0 aromatic heterocycles. The maximum atomic E-state index is 12.7. The highest BCUT2D eigenvalue weighted by molar-refractivity contribution is 6.05. The summed E-state index contributed by atoms with van der Waals surface area (Å²) < 4.78 is 10.5. The topological polar surface area (TPSA) is 93.7 Å². The Morgan fingerprint density at radius 3 is 2.31 bits per heavy atom. The molecule has 2 aromatic rings. The second kappa shape index (κ2) is 12.9. The lowest BCUT2D eigenvalue weighted by molar-refractivity contribution is -0.143. The Labute approximate surface area is 188 Å². The number of rotatable bonds is 11. The summed E-state index contributed by atoms with van der Waals surface area (Å²) in [4.78, 5) is 36.9. The van der Waals surface area contributed by atoms with E-state index in [0.717, 1.165) is 5.56 Å². The largest absolute Gasteiger partial charge is 0.493 e. The van der Waals surface area contributed by atoms with Gasteiger partial charge in [0.25, 0.3) is 11.8 Å². The molecule has 2 N–H and O–H groups in total. The molecule has 0 radical (unpaired) electrons. The van der Waals surface area contributed by atoms with Crippen molar-refractivity contribution < 1.29 is 23.9 Å². The number of carbonyl (C=O) groups is 3. The SMILES string of the molecule is CCOC(=O)CCNC(=O)C(=Cc1ccccc1)NC(=O)c1ccc(OCC(C)C)cc1. The van der Waals surface area contributed by atoms with Crippen molar-refractivity contribution in [3.8, 4) is 5.75 Å². The van der Waals surface area contributed by atoms with Crippen LogP contribution in [0.3, 0.4) is 0 Å². The molecular formula is C25H30N2O5. The first-order valence-corrected chi connectivity index (χ1v) is 10.6. The van der Waals surface area contributed by atoms with E-state index >= 15 is 0 Å². The van der Waals surface area contributed by atoms with Crippen LogP contribution < -0.4 is 15.4 Å². The van der Waals surface area contributed by atoms with Crippen LogP contribution in [-0.2, 0) is 14.3 Å². The standard InChI is InChI=1S/C25H30N2O5/c1-4-31-23(28)14-15-26-25(30)22(16-19-8-6-5-7-9-19)27-24(29)20-10-12-21(13-11-20)32-17-18(2)3/h5-13,16,18H,4,14-15,17H2,1-3H3,(H,26,30)(H,27,29). The average Bonchev–Trinajstić information content (AvgIpc) is 2.78. The first kappa shape index (κ1) is 24.7. The molecule has 0 bridgehead atoms. The van der Waals surface area contributed by atoms with Crippen LogP contribution in [0, 0.1) is 5.92 Å². The average molecular weight is 439 g/mol. The number of esters is 1. The first-order chi connectivity index (χ1) is 15.4. The van der Waals surface area contributed by atoms with E-state index in [9.17, 15) is 14.4 Å². The minimum absolute atomic E-state index is 0.0456. The van der Waals surface area contributed by atoms with Crippen molar-refractivity contribution in [1.29, 1.82) is 0 Å². The second-order valence-corrected chi connectivity index (χ2v) is 7.46. The maximum absolute atomic E-state index is 12.7. The third-order valence-corrected chi connectivity index (χ3v) is 4.22. The van der Waals surface area contributed by atoms with Crippen LogP contribution >= 0.6 is 0 Å². The van der Waals surface area contributed by atoms with E-state index in [0.29, 0.717) is 23.8 Å². The van der Waals surface area contributed by atoms with Gasteiger partial charge in [-0.15, -0.1) is 0 Å². The minimum Gasteiger partial charge on any atom is -0.493 e. The number of hydrogen-bond donors (Lipinski definition) is 2. The summed E-state index contributed by atoms with van der Waals surface area (Å²) >= 11 is 0. The lowest BCUT2D eigenvalue weighted by Gasteiger charge is -2.12. The summed E-state index contributed by atoms with van der Waals surface area (Å²) in [5, 5.41) is 5.31. The molecule has 0 spiro atoms. The zero-order valence-corrected chi connectivity index (χ0v) is 18.7. The highest BCUT2D eigenvalue weighted by Crippen LogP contribution is 2.14. The monoisotopic (exact) mass is 438 g/mol. The van der Waals surface area contributed by atoms with Gasteiger partial charge in [-0.05, 0) is 48.7 Å². The number of carbonyl (C=O) groups excluding carboxylic acids is 3. The third-order valence-electron chi connectivity index (χ3n) is 4.22. The van der Waals surface area contributed by atoms with Crippen LogP contribution in [0.4, 0.5) is 0 Å². The number of hydrogen-bond acceptors (Lipinski definition) is 5. The molecule has 7 heteroatoms. The van der Waals surface area contributed by atoms with Gasteiger partial charge >= 0.3 is 5.97 Å². The van der Waals surface area contributed by atoms with Gasteiger partial charge in [0.15, 0.2) is 0 Å². The second-order valence-electron chi connectivity index (χ2n) is 7.46. The molecule has 2 rings (SSSR count). The fraction of sp³-hybridized carbons (Fsp3) is 0.320. The molecule has 2 aromatic carbocycles. The first-order valence-electron chi connectivity index (χ1n) is 10.6. The number of amides is 2. The van der Waals surface area contributed by atoms with E-state index < -0.39 is 17.8 Å². The highest BCUT2D eigenvalue weighted by Gasteiger charge is 2.15. The predicted octanol–water partition coefficient (Wildman–Crippen LogP) is 3.56. The fourth-order valence-electron chi connectivity index (χ4n) is 2.64. The molecule has 0 atom stereocenters. The summed E-state index contributed by atoms with van der Waals surface area (Å²) in [5.41, 5.74) is 1.21. The van der Waals surface area contributed by atoms with Crippen LogP contribution in [-0.4, -0.2) is 37.5 Å². The Balaban J connectivity index is 2.08. The van der Waals surface area contributed by atoms with Crippen molar-refractivity contribution in [1.82, 2.24) is 10.6 Å². The van der Waals surface area contributed by atoms with Gasteiger partial charge in [-0.1, -0.05) is 44.2 Å². The predicted molar refractivity (Wildman–Crippen MR) is 123 cm³/mol. The number of benzene rings is 2. The van der Waals surface area contributed by atoms with Gasteiger partial charge < -0.3 is 20.1 Å². The van der Waals surface area contributed by atoms with Gasteiger partial charge in [0.2, 0.25) is 0 Å². The van der Waals surface area contributed by atoms with Gasteiger partial charge in [0, 0.05) is 12.1 Å². The Bertz CT molecular complexity index is 921. The molecule has 0 unspecified atom stereocenters. The quantitative estimate of drug-likeness (QED) is 0.413. The summed E-state index contributed by atoms with van der Waals surface area (Å²) in [6, 6.07) is 15.9. The molecule has 170 valence electrons. The Morgan fingerprint density at radius 1 is 1.00 bits per heavy atom. The molecule has 32 heavy (non-hydrogen) atoms. The third kappa shape index (κ3) is 8.63. The maximum Gasteiger partial charge on any atom is 0.307 e. The molecular weight excluding hydrogens is 408 g/mol. The fourth-order valence-corrected chi connectivity index (χ4v) is 2.64. The van der Waals surface area contributed by atoms with Crippen molar-refractivity contribution in [2.75, 3.05) is 19.8 Å². The minimum atomic E-state index is -0.497. The zero-order chi connectivity index (χ0) is 23.3. The molecule has 0 aliphatic heterocycles. The lowest BCUT2D eigenvalue weighted by Crippen LogP contribution is -2.36. The van der Waals surface area contributed by atoms with Crippen molar-refractivity contribution >= 4 is 23.9 Å². The molecule has 0 aliphatic carbocycles. The molecule has 0 saturated heterocycles. The molecule has 0 heterocycles. The van der Waals surface area contributed by atoms with E-state index in [4.69, 9.17) is 9.47 Å². The van der Waals surface area contributed by atoms with Crippen LogP contribution in [0.5, 0.6) is 5.75 Å². The summed E-state index contributed by atoms with van der Waals surface area (Å²) in [6.45, 7) is 6.79. The molecule has 2 amide bonds. The van der Waals surface area contributed by atoms with Crippen LogP contribution in [0.25, 0.3) is 6.08 Å². The van der Waals surface area contributed by atoms with Crippen molar-refractivity contribution in [2.24, 2.45) is 5.92 Å². The van der Waals surface area contributed by atoms with E-state index in [1.54, 1.807) is 37.3 Å². The van der Waals surface area contributed by atoms with Crippen LogP contribution in [0.15, 0.2) is 60.3 Å².